The summed E-state index contributed by atoms with van der Waals surface area (Å²) >= 11 is 0. The lowest BCUT2D eigenvalue weighted by atomic mass is 10.0. The highest BCUT2D eigenvalue weighted by Gasteiger charge is 2.21. The normalized spacial score (nSPS) is 18.4. The maximum atomic E-state index is 4.62. The first-order chi connectivity index (χ1) is 17.0. The summed E-state index contributed by atoms with van der Waals surface area (Å²) in [5, 5.41) is 12.6. The second-order valence-corrected chi connectivity index (χ2v) is 10.8. The molecule has 3 aromatic rings. The van der Waals surface area contributed by atoms with Crippen LogP contribution in [0.15, 0.2) is 43.2 Å². The number of rotatable bonds is 8. The summed E-state index contributed by atoms with van der Waals surface area (Å²) in [6.07, 6.45) is 10.3. The smallest absolute Gasteiger partial charge is 0.115 e. The van der Waals surface area contributed by atoms with Gasteiger partial charge in [0.2, 0.25) is 0 Å². The highest BCUT2D eigenvalue weighted by Crippen LogP contribution is 2.28. The molecule has 0 bridgehead atoms. The lowest BCUT2D eigenvalue weighted by molar-refractivity contribution is 0.186. The number of aromatic amines is 1. The summed E-state index contributed by atoms with van der Waals surface area (Å²) in [5.41, 5.74) is 6.48. The molecule has 0 saturated carbocycles. The number of hydrogen-bond acceptors (Lipinski definition) is 5. The Morgan fingerprint density at radius 3 is 2.60 bits per heavy atom. The van der Waals surface area contributed by atoms with Crippen LogP contribution in [0, 0.1) is 5.92 Å². The number of fused-ring (bicyclic) bond motifs is 1. The summed E-state index contributed by atoms with van der Waals surface area (Å²) in [4.78, 5) is 9.69. The number of aromatic nitrogens is 3. The Balaban J connectivity index is 1.28. The molecular weight excluding hydrogens is 432 g/mol. The first-order valence-corrected chi connectivity index (χ1v) is 13.4. The number of nitrogens with zero attached hydrogens (tertiary/aromatic N) is 4. The molecule has 2 saturated heterocycles. The van der Waals surface area contributed by atoms with Crippen molar-refractivity contribution in [3.63, 3.8) is 0 Å². The van der Waals surface area contributed by atoms with E-state index >= 15 is 0 Å². The van der Waals surface area contributed by atoms with Crippen molar-refractivity contribution in [3.05, 3.63) is 54.5 Å². The summed E-state index contributed by atoms with van der Waals surface area (Å²) in [7, 11) is 0. The van der Waals surface area contributed by atoms with Gasteiger partial charge in [-0.3, -0.25) is 15.0 Å². The van der Waals surface area contributed by atoms with E-state index in [-0.39, 0.29) is 0 Å². The van der Waals surface area contributed by atoms with Crippen molar-refractivity contribution < 1.29 is 0 Å². The largest absolute Gasteiger partial charge is 0.381 e. The van der Waals surface area contributed by atoms with Crippen molar-refractivity contribution in [2.24, 2.45) is 5.92 Å². The van der Waals surface area contributed by atoms with E-state index in [9.17, 15) is 0 Å². The molecule has 186 valence electrons. The Labute approximate surface area is 209 Å². The predicted molar refractivity (Wildman–Crippen MR) is 145 cm³/mol. The minimum Gasteiger partial charge on any atom is -0.381 e. The fourth-order valence-electron chi connectivity index (χ4n) is 5.62. The lowest BCUT2D eigenvalue weighted by Gasteiger charge is -2.34. The molecule has 6 heteroatoms. The van der Waals surface area contributed by atoms with Crippen molar-refractivity contribution in [1.82, 2.24) is 30.3 Å². The lowest BCUT2D eigenvalue weighted by Crippen LogP contribution is -2.43. The van der Waals surface area contributed by atoms with E-state index in [0.717, 1.165) is 66.3 Å². The monoisotopic (exact) mass is 472 g/mol. The van der Waals surface area contributed by atoms with Crippen molar-refractivity contribution in [3.8, 4) is 11.1 Å². The van der Waals surface area contributed by atoms with E-state index in [2.05, 4.69) is 75.0 Å². The maximum Gasteiger partial charge on any atom is 0.115 e. The van der Waals surface area contributed by atoms with Gasteiger partial charge in [-0.25, -0.2) is 0 Å². The van der Waals surface area contributed by atoms with Crippen molar-refractivity contribution in [1.29, 1.82) is 0 Å². The number of benzene rings is 1. The number of hydrogen-bond donors (Lipinski definition) is 2. The van der Waals surface area contributed by atoms with Gasteiger partial charge in [0, 0.05) is 55.6 Å². The van der Waals surface area contributed by atoms with E-state index < -0.39 is 0 Å². The third kappa shape index (κ3) is 5.93. The third-order valence-electron chi connectivity index (χ3n) is 7.42. The summed E-state index contributed by atoms with van der Waals surface area (Å²) in [6, 6.07) is 9.26. The molecule has 0 aliphatic carbocycles. The second kappa shape index (κ2) is 10.9. The van der Waals surface area contributed by atoms with Gasteiger partial charge in [-0.05, 0) is 74.0 Å². The molecule has 0 amide bonds. The van der Waals surface area contributed by atoms with Gasteiger partial charge in [0.25, 0.3) is 0 Å². The van der Waals surface area contributed by atoms with E-state index in [1.807, 2.05) is 12.4 Å². The minimum absolute atomic E-state index is 0.455. The Bertz CT molecular complexity index is 1140. The fraction of sp³-hybridized carbons (Fsp3) is 0.517. The van der Waals surface area contributed by atoms with E-state index in [0.29, 0.717) is 6.04 Å². The molecule has 2 N–H and O–H groups in total. The molecule has 0 unspecified atom stereocenters. The van der Waals surface area contributed by atoms with E-state index in [1.165, 1.54) is 50.0 Å². The molecule has 2 aliphatic heterocycles. The van der Waals surface area contributed by atoms with Gasteiger partial charge in [0.05, 0.1) is 11.2 Å². The van der Waals surface area contributed by atoms with Crippen molar-refractivity contribution >= 4 is 16.6 Å². The van der Waals surface area contributed by atoms with Gasteiger partial charge < -0.3 is 10.2 Å². The van der Waals surface area contributed by atoms with Crippen LogP contribution in [0.3, 0.4) is 0 Å². The zero-order chi connectivity index (χ0) is 24.2. The zero-order valence-corrected chi connectivity index (χ0v) is 21.4. The van der Waals surface area contributed by atoms with Gasteiger partial charge >= 0.3 is 0 Å². The second-order valence-electron chi connectivity index (χ2n) is 10.8. The summed E-state index contributed by atoms with van der Waals surface area (Å²) in [6.45, 7) is 15.8. The van der Waals surface area contributed by atoms with Crippen LogP contribution in [-0.2, 0) is 6.54 Å². The SMILES string of the molecule is C=C(NC1CCN(CC(C)C)CC1)c1n[nH]c2ccc(-c3cncc(CN4CCCCC4)c3)cc12. The molecular formula is C29H40N6. The fourth-order valence-corrected chi connectivity index (χ4v) is 5.62. The number of likely N-dealkylation sites (tertiary alicyclic amines) is 2. The van der Waals surface area contributed by atoms with E-state index in [1.54, 1.807) is 0 Å². The molecule has 5 rings (SSSR count). The molecule has 2 aromatic heterocycles. The van der Waals surface area contributed by atoms with Crippen LogP contribution in [0.2, 0.25) is 0 Å². The van der Waals surface area contributed by atoms with Crippen LogP contribution in [0.5, 0.6) is 0 Å². The standard InChI is InChI=1S/C29H40N6/c1-21(2)19-35-13-9-26(10-14-35)31-22(3)29-27-16-24(7-8-28(27)32-33-29)25-15-23(17-30-18-25)20-34-11-5-4-6-12-34/h7-8,15-18,21,26,31H,3-6,9-14,19-20H2,1-2H3,(H,32,33). The molecule has 1 aromatic carbocycles. The van der Waals surface area contributed by atoms with Crippen LogP contribution in [0.4, 0.5) is 0 Å². The molecule has 0 radical (unpaired) electrons. The zero-order valence-electron chi connectivity index (χ0n) is 21.4. The molecule has 35 heavy (non-hydrogen) atoms. The molecule has 0 spiro atoms. The van der Waals surface area contributed by atoms with Crippen molar-refractivity contribution in [2.45, 2.75) is 58.5 Å². The highest BCUT2D eigenvalue weighted by atomic mass is 15.2. The maximum absolute atomic E-state index is 4.62. The van der Waals surface area contributed by atoms with Crippen LogP contribution < -0.4 is 5.32 Å². The van der Waals surface area contributed by atoms with Gasteiger partial charge in [0.1, 0.15) is 5.69 Å². The van der Waals surface area contributed by atoms with Crippen LogP contribution >= 0.6 is 0 Å². The van der Waals surface area contributed by atoms with Gasteiger partial charge in [-0.2, -0.15) is 5.10 Å². The van der Waals surface area contributed by atoms with Gasteiger partial charge in [-0.15, -0.1) is 0 Å². The number of piperidine rings is 2. The molecule has 0 atom stereocenters. The quantitative estimate of drug-likeness (QED) is 0.466. The summed E-state index contributed by atoms with van der Waals surface area (Å²) in [5.74, 6) is 0.722. The molecule has 6 nitrogen and oxygen atoms in total. The van der Waals surface area contributed by atoms with Crippen LogP contribution in [0.25, 0.3) is 27.7 Å². The van der Waals surface area contributed by atoms with Crippen LogP contribution in [-0.4, -0.2) is 63.7 Å². The molecule has 2 fully saturated rings. The Morgan fingerprint density at radius 2 is 1.83 bits per heavy atom. The average molecular weight is 473 g/mol. The Morgan fingerprint density at radius 1 is 1.03 bits per heavy atom. The molecule has 2 aliphatic rings. The average Bonchev–Trinajstić information content (AvgIpc) is 3.29. The first kappa shape index (κ1) is 24.0. The van der Waals surface area contributed by atoms with Gasteiger partial charge in [0.15, 0.2) is 0 Å². The van der Waals surface area contributed by atoms with E-state index in [4.69, 9.17) is 0 Å². The third-order valence-corrected chi connectivity index (χ3v) is 7.42. The van der Waals surface area contributed by atoms with Gasteiger partial charge in [-0.1, -0.05) is 32.9 Å². The Kier molecular flexibility index (Phi) is 7.49. The summed E-state index contributed by atoms with van der Waals surface area (Å²) < 4.78 is 0. The number of nitrogens with one attached hydrogen (secondary N) is 2. The Hall–Kier alpha value is -2.70. The highest BCUT2D eigenvalue weighted by molar-refractivity contribution is 5.92. The van der Waals surface area contributed by atoms with Crippen molar-refractivity contribution in [2.75, 3.05) is 32.7 Å². The first-order valence-electron chi connectivity index (χ1n) is 13.4. The minimum atomic E-state index is 0.455. The number of H-pyrrole nitrogens is 1. The van der Waals surface area contributed by atoms with Crippen LogP contribution in [0.1, 0.15) is 57.2 Å². The topological polar surface area (TPSA) is 60.1 Å². The number of pyridine rings is 1. The molecule has 4 heterocycles. The predicted octanol–water partition coefficient (Wildman–Crippen LogP) is 5.29.